The molecule has 96 valence electrons. The lowest BCUT2D eigenvalue weighted by Crippen LogP contribution is -1.89. The van der Waals surface area contributed by atoms with Crippen LogP contribution in [0.5, 0.6) is 0 Å². The van der Waals surface area contributed by atoms with Gasteiger partial charge in [-0.25, -0.2) is 13.6 Å². The second-order valence-corrected chi connectivity index (χ2v) is 3.91. The molecule has 4 heteroatoms. The number of halogens is 2. The van der Waals surface area contributed by atoms with E-state index in [1.807, 2.05) is 0 Å². The Bertz CT molecular complexity index is 648. The van der Waals surface area contributed by atoms with Crippen molar-refractivity contribution in [1.82, 2.24) is 0 Å². The minimum absolute atomic E-state index is 0.435. The zero-order valence-electron chi connectivity index (χ0n) is 9.81. The van der Waals surface area contributed by atoms with E-state index in [4.69, 9.17) is 5.11 Å². The zero-order valence-corrected chi connectivity index (χ0v) is 9.81. The van der Waals surface area contributed by atoms with Crippen molar-refractivity contribution >= 4 is 12.0 Å². The SMILES string of the molecule is O=C(O)C=Cc1ccc(F)cc1-c1cccc(F)c1. The first-order valence-corrected chi connectivity index (χ1v) is 5.53. The molecule has 2 rings (SSSR count). The van der Waals surface area contributed by atoms with E-state index >= 15 is 0 Å². The number of aliphatic carboxylic acids is 1. The first-order valence-electron chi connectivity index (χ1n) is 5.53. The Kier molecular flexibility index (Phi) is 3.71. The summed E-state index contributed by atoms with van der Waals surface area (Å²) < 4.78 is 26.5. The summed E-state index contributed by atoms with van der Waals surface area (Å²) in [5.74, 6) is -2.00. The molecule has 0 saturated heterocycles. The van der Waals surface area contributed by atoms with E-state index in [0.29, 0.717) is 16.7 Å². The van der Waals surface area contributed by atoms with Gasteiger partial charge in [-0.15, -0.1) is 0 Å². The molecule has 0 radical (unpaired) electrons. The van der Waals surface area contributed by atoms with Gasteiger partial charge >= 0.3 is 5.97 Å². The third kappa shape index (κ3) is 3.25. The van der Waals surface area contributed by atoms with Crippen LogP contribution in [0, 0.1) is 11.6 Å². The molecule has 0 spiro atoms. The molecule has 1 N–H and O–H groups in total. The summed E-state index contributed by atoms with van der Waals surface area (Å²) in [6.07, 6.45) is 2.30. The molecule has 2 aromatic rings. The molecule has 0 atom stereocenters. The maximum absolute atomic E-state index is 13.3. The summed E-state index contributed by atoms with van der Waals surface area (Å²) >= 11 is 0. The largest absolute Gasteiger partial charge is 0.478 e. The molecule has 0 bridgehead atoms. The highest BCUT2D eigenvalue weighted by Gasteiger charge is 2.06. The van der Waals surface area contributed by atoms with Gasteiger partial charge in [-0.05, 0) is 47.0 Å². The van der Waals surface area contributed by atoms with Crippen molar-refractivity contribution in [2.45, 2.75) is 0 Å². The van der Waals surface area contributed by atoms with Crippen molar-refractivity contribution in [2.24, 2.45) is 0 Å². The first-order chi connectivity index (χ1) is 9.06. The van der Waals surface area contributed by atoms with Crippen molar-refractivity contribution in [3.05, 3.63) is 65.7 Å². The molecule has 0 amide bonds. The number of benzene rings is 2. The maximum atomic E-state index is 13.3. The van der Waals surface area contributed by atoms with E-state index < -0.39 is 17.6 Å². The monoisotopic (exact) mass is 260 g/mol. The normalized spacial score (nSPS) is 10.8. The van der Waals surface area contributed by atoms with Crippen molar-refractivity contribution in [1.29, 1.82) is 0 Å². The van der Waals surface area contributed by atoms with Crippen LogP contribution >= 0.6 is 0 Å². The molecule has 2 aromatic carbocycles. The number of hydrogen-bond acceptors (Lipinski definition) is 1. The summed E-state index contributed by atoms with van der Waals surface area (Å²) in [5, 5.41) is 8.61. The fourth-order valence-corrected chi connectivity index (χ4v) is 1.74. The van der Waals surface area contributed by atoms with Gasteiger partial charge < -0.3 is 5.11 Å². The molecule has 0 saturated carbocycles. The highest BCUT2D eigenvalue weighted by atomic mass is 19.1. The van der Waals surface area contributed by atoms with Gasteiger partial charge in [0.1, 0.15) is 11.6 Å². The summed E-state index contributed by atoms with van der Waals surface area (Å²) in [7, 11) is 0. The van der Waals surface area contributed by atoms with E-state index in [-0.39, 0.29) is 0 Å². The minimum Gasteiger partial charge on any atom is -0.478 e. The average molecular weight is 260 g/mol. The van der Waals surface area contributed by atoms with Gasteiger partial charge in [0.2, 0.25) is 0 Å². The Morgan fingerprint density at radius 2 is 1.79 bits per heavy atom. The quantitative estimate of drug-likeness (QED) is 0.854. The first kappa shape index (κ1) is 13.0. The van der Waals surface area contributed by atoms with E-state index in [1.165, 1.54) is 42.5 Å². The van der Waals surface area contributed by atoms with Crippen LogP contribution < -0.4 is 0 Å². The van der Waals surface area contributed by atoms with Crippen molar-refractivity contribution < 1.29 is 18.7 Å². The number of carboxylic acid groups (broad SMARTS) is 1. The van der Waals surface area contributed by atoms with Crippen molar-refractivity contribution in [2.75, 3.05) is 0 Å². The van der Waals surface area contributed by atoms with Crippen LogP contribution in [-0.2, 0) is 4.79 Å². The van der Waals surface area contributed by atoms with Gasteiger partial charge in [0, 0.05) is 6.08 Å². The lowest BCUT2D eigenvalue weighted by molar-refractivity contribution is -0.131. The standard InChI is InChI=1S/C15H10F2O2/c16-12-3-1-2-11(8-12)14-9-13(17)6-4-10(14)5-7-15(18)19/h1-9H,(H,18,19). The van der Waals surface area contributed by atoms with Gasteiger partial charge in [0.05, 0.1) is 0 Å². The zero-order chi connectivity index (χ0) is 13.8. The topological polar surface area (TPSA) is 37.3 Å². The average Bonchev–Trinajstić information content (AvgIpc) is 2.37. The molecule has 0 aliphatic carbocycles. The second kappa shape index (κ2) is 5.44. The summed E-state index contributed by atoms with van der Waals surface area (Å²) in [6.45, 7) is 0. The maximum Gasteiger partial charge on any atom is 0.328 e. The molecule has 0 aliphatic heterocycles. The van der Waals surface area contributed by atoms with Crippen molar-refractivity contribution in [3.63, 3.8) is 0 Å². The fourth-order valence-electron chi connectivity index (χ4n) is 1.74. The van der Waals surface area contributed by atoms with Crippen LogP contribution in [0.15, 0.2) is 48.5 Å². The Morgan fingerprint density at radius 1 is 1.05 bits per heavy atom. The van der Waals surface area contributed by atoms with E-state index in [9.17, 15) is 13.6 Å². The van der Waals surface area contributed by atoms with Gasteiger partial charge in [-0.1, -0.05) is 18.2 Å². The van der Waals surface area contributed by atoms with Crippen LogP contribution in [0.2, 0.25) is 0 Å². The number of hydrogen-bond donors (Lipinski definition) is 1. The van der Waals surface area contributed by atoms with Crippen molar-refractivity contribution in [3.8, 4) is 11.1 Å². The van der Waals surface area contributed by atoms with Gasteiger partial charge in [0.15, 0.2) is 0 Å². The van der Waals surface area contributed by atoms with Gasteiger partial charge in [-0.2, -0.15) is 0 Å². The predicted octanol–water partition coefficient (Wildman–Crippen LogP) is 3.73. The predicted molar refractivity (Wildman–Crippen MR) is 68.5 cm³/mol. The Morgan fingerprint density at radius 3 is 2.47 bits per heavy atom. The highest BCUT2D eigenvalue weighted by Crippen LogP contribution is 2.26. The smallest absolute Gasteiger partial charge is 0.328 e. The van der Waals surface area contributed by atoms with E-state index in [0.717, 1.165) is 6.08 Å². The molecular formula is C15H10F2O2. The number of carbonyl (C=O) groups is 1. The molecule has 0 aliphatic rings. The second-order valence-electron chi connectivity index (χ2n) is 3.91. The Hall–Kier alpha value is -2.49. The van der Waals surface area contributed by atoms with E-state index in [1.54, 1.807) is 6.07 Å². The van der Waals surface area contributed by atoms with Gasteiger partial charge in [0.25, 0.3) is 0 Å². The summed E-state index contributed by atoms with van der Waals surface area (Å²) in [6, 6.07) is 9.63. The lowest BCUT2D eigenvalue weighted by atomic mass is 9.99. The number of rotatable bonds is 3. The third-order valence-corrected chi connectivity index (χ3v) is 2.56. The third-order valence-electron chi connectivity index (χ3n) is 2.56. The molecular weight excluding hydrogens is 250 g/mol. The number of carboxylic acids is 1. The van der Waals surface area contributed by atoms with Crippen LogP contribution in [0.1, 0.15) is 5.56 Å². The molecule has 0 heterocycles. The summed E-state index contributed by atoms with van der Waals surface area (Å²) in [5.41, 5.74) is 1.44. The van der Waals surface area contributed by atoms with Crippen LogP contribution in [0.25, 0.3) is 17.2 Å². The highest BCUT2D eigenvalue weighted by molar-refractivity contribution is 5.87. The molecule has 0 unspecified atom stereocenters. The van der Waals surface area contributed by atoms with Crippen LogP contribution in [0.3, 0.4) is 0 Å². The molecule has 2 nitrogen and oxygen atoms in total. The van der Waals surface area contributed by atoms with Crippen LogP contribution in [0.4, 0.5) is 8.78 Å². The molecule has 0 fully saturated rings. The van der Waals surface area contributed by atoms with E-state index in [2.05, 4.69) is 0 Å². The minimum atomic E-state index is -1.10. The fraction of sp³-hybridized carbons (Fsp3) is 0. The van der Waals surface area contributed by atoms with Gasteiger partial charge in [-0.3, -0.25) is 0 Å². The summed E-state index contributed by atoms with van der Waals surface area (Å²) in [4.78, 5) is 10.5. The molecule has 0 aromatic heterocycles. The molecule has 19 heavy (non-hydrogen) atoms. The van der Waals surface area contributed by atoms with Crippen LogP contribution in [-0.4, -0.2) is 11.1 Å². The lowest BCUT2D eigenvalue weighted by Gasteiger charge is -2.07. The Balaban J connectivity index is 2.54. The Labute approximate surface area is 108 Å².